The molecule has 5 N–H and O–H groups in total. The summed E-state index contributed by atoms with van der Waals surface area (Å²) in [4.78, 5) is 0. The van der Waals surface area contributed by atoms with Crippen molar-refractivity contribution < 1.29 is 25.5 Å². The second-order valence-corrected chi connectivity index (χ2v) is 9.80. The van der Waals surface area contributed by atoms with Gasteiger partial charge < -0.3 is 25.5 Å². The molecule has 144 valence electrons. The minimum absolute atomic E-state index is 0.0890. The fraction of sp³-hybridized carbons (Fsp3) is 0.900. The Kier molecular flexibility index (Phi) is 4.45. The molecule has 0 aliphatic heterocycles. The molecule has 0 aromatic rings. The van der Waals surface area contributed by atoms with Crippen LogP contribution < -0.4 is 0 Å². The minimum atomic E-state index is -1.65. The van der Waals surface area contributed by atoms with Crippen LogP contribution in [0.5, 0.6) is 0 Å². The Balaban J connectivity index is 2.06. The molecule has 2 fully saturated rings. The fourth-order valence-corrected chi connectivity index (χ4v) is 5.60. The van der Waals surface area contributed by atoms with Gasteiger partial charge in [0.1, 0.15) is 11.7 Å². The van der Waals surface area contributed by atoms with Gasteiger partial charge in [-0.05, 0) is 61.9 Å². The van der Waals surface area contributed by atoms with Crippen LogP contribution in [0.4, 0.5) is 0 Å². The lowest BCUT2D eigenvalue weighted by Gasteiger charge is -2.43. The van der Waals surface area contributed by atoms with E-state index in [-0.39, 0.29) is 17.8 Å². The van der Waals surface area contributed by atoms with E-state index in [1.54, 1.807) is 13.8 Å². The van der Waals surface area contributed by atoms with E-state index >= 15 is 0 Å². The molecule has 0 bridgehead atoms. The number of hydrogen-bond donors (Lipinski definition) is 5. The largest absolute Gasteiger partial charge is 0.392 e. The quantitative estimate of drug-likeness (QED) is 0.421. The van der Waals surface area contributed by atoms with Gasteiger partial charge in [-0.15, -0.1) is 0 Å². The van der Waals surface area contributed by atoms with Crippen molar-refractivity contribution in [1.29, 1.82) is 0 Å². The summed E-state index contributed by atoms with van der Waals surface area (Å²) in [6.45, 7) is 9.53. The van der Waals surface area contributed by atoms with Crippen LogP contribution in [0, 0.1) is 29.1 Å². The molecule has 0 unspecified atom stereocenters. The van der Waals surface area contributed by atoms with Gasteiger partial charge in [-0.2, -0.15) is 0 Å². The standard InChI is InChI=1S/C20H34O5/c1-10-8-13-12(18(13,3)4)6-7-19(5,24)17(23)14-15(21)11(2)9-20(14,25)16(10)22/h8,11-17,21-25H,6-7,9H2,1-5H3/b10-8+/t11-,12-,13+,14+,15-,16+,17+,19+,20+/m0/s1. The third kappa shape index (κ3) is 2.79. The molecule has 9 atom stereocenters. The van der Waals surface area contributed by atoms with Gasteiger partial charge in [0.05, 0.1) is 17.8 Å². The molecular formula is C20H34O5. The van der Waals surface area contributed by atoms with Crippen LogP contribution in [0.2, 0.25) is 0 Å². The smallest absolute Gasteiger partial charge is 0.104 e. The maximum absolute atomic E-state index is 11.3. The molecule has 0 saturated heterocycles. The summed E-state index contributed by atoms with van der Waals surface area (Å²) in [7, 11) is 0. The molecular weight excluding hydrogens is 320 g/mol. The number of hydrogen-bond acceptors (Lipinski definition) is 5. The predicted octanol–water partition coefficient (Wildman–Crippen LogP) is 1.22. The average Bonchev–Trinajstić information content (AvgIpc) is 2.92. The highest BCUT2D eigenvalue weighted by Gasteiger charge is 2.62. The maximum Gasteiger partial charge on any atom is 0.104 e. The van der Waals surface area contributed by atoms with Gasteiger partial charge in [-0.25, -0.2) is 0 Å². The molecule has 5 heteroatoms. The number of aliphatic hydroxyl groups is 5. The fourth-order valence-electron chi connectivity index (χ4n) is 5.60. The Morgan fingerprint density at radius 3 is 2.28 bits per heavy atom. The van der Waals surface area contributed by atoms with Crippen LogP contribution in [-0.2, 0) is 0 Å². The zero-order chi connectivity index (χ0) is 18.9. The number of fused-ring (bicyclic) bond motifs is 2. The van der Waals surface area contributed by atoms with Crippen molar-refractivity contribution in [3.05, 3.63) is 11.6 Å². The van der Waals surface area contributed by atoms with Gasteiger partial charge >= 0.3 is 0 Å². The summed E-state index contributed by atoms with van der Waals surface area (Å²) in [5, 5.41) is 54.7. The van der Waals surface area contributed by atoms with Crippen LogP contribution in [0.1, 0.15) is 53.9 Å². The van der Waals surface area contributed by atoms with Crippen molar-refractivity contribution in [3.63, 3.8) is 0 Å². The Morgan fingerprint density at radius 2 is 1.68 bits per heavy atom. The number of aliphatic hydroxyl groups excluding tert-OH is 3. The van der Waals surface area contributed by atoms with Gasteiger partial charge in [0.15, 0.2) is 0 Å². The summed E-state index contributed by atoms with van der Waals surface area (Å²) in [6, 6.07) is 0. The van der Waals surface area contributed by atoms with Crippen LogP contribution in [-0.4, -0.2) is 55.0 Å². The van der Waals surface area contributed by atoms with E-state index in [0.29, 0.717) is 23.8 Å². The van der Waals surface area contributed by atoms with Crippen molar-refractivity contribution >= 4 is 0 Å². The van der Waals surface area contributed by atoms with E-state index in [9.17, 15) is 25.5 Å². The van der Waals surface area contributed by atoms with E-state index < -0.39 is 35.4 Å². The lowest BCUT2D eigenvalue weighted by molar-refractivity contribution is -0.180. The molecule has 25 heavy (non-hydrogen) atoms. The molecule has 2 saturated carbocycles. The summed E-state index contributed by atoms with van der Waals surface area (Å²) < 4.78 is 0. The monoisotopic (exact) mass is 354 g/mol. The summed E-state index contributed by atoms with van der Waals surface area (Å²) in [6.07, 6.45) is -0.0489. The van der Waals surface area contributed by atoms with Gasteiger partial charge in [-0.1, -0.05) is 26.8 Å². The first kappa shape index (κ1) is 19.3. The minimum Gasteiger partial charge on any atom is -0.392 e. The molecule has 3 aliphatic carbocycles. The van der Waals surface area contributed by atoms with E-state index in [1.807, 2.05) is 13.0 Å². The molecule has 5 nitrogen and oxygen atoms in total. The summed E-state index contributed by atoms with van der Waals surface area (Å²) in [5.41, 5.74) is -2.30. The van der Waals surface area contributed by atoms with E-state index in [1.165, 1.54) is 0 Å². The third-order valence-electron chi connectivity index (χ3n) is 7.60. The van der Waals surface area contributed by atoms with E-state index in [2.05, 4.69) is 13.8 Å². The molecule has 0 heterocycles. The zero-order valence-electron chi connectivity index (χ0n) is 16.0. The SMILES string of the molecule is C/C1=C\[C@@H]2[C@H](CC[C@@](C)(O)[C@H](O)[C@H]3[C@@H](O)[C@@H](C)C[C@]3(O)[C@@H]1O)C2(C)C. The topological polar surface area (TPSA) is 101 Å². The van der Waals surface area contributed by atoms with Gasteiger partial charge in [-0.3, -0.25) is 0 Å². The Hall–Kier alpha value is -0.460. The molecule has 0 aromatic heterocycles. The second-order valence-electron chi connectivity index (χ2n) is 9.80. The molecule has 0 amide bonds. The molecule has 0 aromatic carbocycles. The van der Waals surface area contributed by atoms with E-state index in [0.717, 1.165) is 6.42 Å². The van der Waals surface area contributed by atoms with Crippen molar-refractivity contribution in [3.8, 4) is 0 Å². The maximum atomic E-state index is 11.3. The molecule has 3 rings (SSSR count). The van der Waals surface area contributed by atoms with Crippen LogP contribution >= 0.6 is 0 Å². The first-order chi connectivity index (χ1) is 11.3. The Labute approximate surface area is 150 Å². The molecule has 0 radical (unpaired) electrons. The average molecular weight is 354 g/mol. The normalized spacial score (nSPS) is 57.7. The first-order valence-corrected chi connectivity index (χ1v) is 9.51. The highest BCUT2D eigenvalue weighted by atomic mass is 16.4. The lowest BCUT2D eigenvalue weighted by atomic mass is 9.73. The van der Waals surface area contributed by atoms with Crippen LogP contribution in [0.15, 0.2) is 11.6 Å². The van der Waals surface area contributed by atoms with Crippen molar-refractivity contribution in [2.45, 2.75) is 83.4 Å². The highest BCUT2D eigenvalue weighted by molar-refractivity contribution is 5.25. The van der Waals surface area contributed by atoms with Crippen LogP contribution in [0.25, 0.3) is 0 Å². The summed E-state index contributed by atoms with van der Waals surface area (Å²) >= 11 is 0. The van der Waals surface area contributed by atoms with Crippen molar-refractivity contribution in [1.82, 2.24) is 0 Å². The first-order valence-electron chi connectivity index (χ1n) is 9.51. The zero-order valence-corrected chi connectivity index (χ0v) is 16.0. The van der Waals surface area contributed by atoms with E-state index in [4.69, 9.17) is 0 Å². The molecule has 0 spiro atoms. The molecule has 3 aliphatic rings. The van der Waals surface area contributed by atoms with Gasteiger partial charge in [0, 0.05) is 5.92 Å². The Morgan fingerprint density at radius 1 is 1.08 bits per heavy atom. The number of rotatable bonds is 0. The third-order valence-corrected chi connectivity index (χ3v) is 7.60. The van der Waals surface area contributed by atoms with Crippen LogP contribution in [0.3, 0.4) is 0 Å². The predicted molar refractivity (Wildman–Crippen MR) is 94.6 cm³/mol. The second kappa shape index (κ2) is 5.77. The van der Waals surface area contributed by atoms with Crippen molar-refractivity contribution in [2.75, 3.05) is 0 Å². The summed E-state index contributed by atoms with van der Waals surface area (Å²) in [5.74, 6) is -0.585. The highest BCUT2D eigenvalue weighted by Crippen LogP contribution is 2.62. The van der Waals surface area contributed by atoms with Crippen molar-refractivity contribution in [2.24, 2.45) is 29.1 Å². The lowest BCUT2D eigenvalue weighted by Crippen LogP contribution is -2.58. The Bertz CT molecular complexity index is 568. The number of allylic oxidation sites excluding steroid dienone is 1. The van der Waals surface area contributed by atoms with Gasteiger partial charge in [0.25, 0.3) is 0 Å². The van der Waals surface area contributed by atoms with Gasteiger partial charge in [0.2, 0.25) is 0 Å².